The van der Waals surface area contributed by atoms with Crippen molar-refractivity contribution in [2.75, 3.05) is 20.8 Å². The van der Waals surface area contributed by atoms with Crippen molar-refractivity contribution < 1.29 is 14.3 Å². The van der Waals surface area contributed by atoms with Crippen molar-refractivity contribution in [2.45, 2.75) is 19.5 Å². The maximum absolute atomic E-state index is 12.6. The van der Waals surface area contributed by atoms with Crippen LogP contribution in [-0.4, -0.2) is 36.5 Å². The Morgan fingerprint density at radius 1 is 1.07 bits per heavy atom. The number of hydrogen-bond donors (Lipinski definition) is 1. The van der Waals surface area contributed by atoms with Crippen molar-refractivity contribution in [2.24, 2.45) is 0 Å². The number of nitrogens with one attached hydrogen (secondary N) is 1. The first-order chi connectivity index (χ1) is 13.6. The average Bonchev–Trinajstić information content (AvgIpc) is 2.73. The second-order valence-electron chi connectivity index (χ2n) is 6.31. The number of aromatic nitrogens is 2. The minimum absolute atomic E-state index is 0.120. The minimum atomic E-state index is -0.166. The summed E-state index contributed by atoms with van der Waals surface area (Å²) >= 11 is 0. The van der Waals surface area contributed by atoms with Gasteiger partial charge in [-0.25, -0.2) is 4.68 Å². The number of fused-ring (bicyclic) bond motifs is 1. The zero-order valence-corrected chi connectivity index (χ0v) is 16.0. The molecule has 0 radical (unpaired) electrons. The van der Waals surface area contributed by atoms with Crippen LogP contribution in [0.3, 0.4) is 0 Å². The van der Waals surface area contributed by atoms with Gasteiger partial charge in [-0.2, -0.15) is 5.10 Å². The lowest BCUT2D eigenvalue weighted by Gasteiger charge is -2.12. The van der Waals surface area contributed by atoms with Crippen LogP contribution in [0, 0.1) is 0 Å². The summed E-state index contributed by atoms with van der Waals surface area (Å²) in [6.45, 7) is 0.976. The van der Waals surface area contributed by atoms with Gasteiger partial charge in [-0.05, 0) is 23.8 Å². The molecule has 0 saturated carbocycles. The van der Waals surface area contributed by atoms with Crippen LogP contribution in [0.5, 0.6) is 5.75 Å². The first kappa shape index (κ1) is 19.6. The number of hydrogen-bond acceptors (Lipinski definition) is 5. The van der Waals surface area contributed by atoms with Gasteiger partial charge in [0.25, 0.3) is 5.56 Å². The summed E-state index contributed by atoms with van der Waals surface area (Å²) in [5.74, 6) is 0.629. The van der Waals surface area contributed by atoms with Crippen LogP contribution in [0.2, 0.25) is 0 Å². The first-order valence-corrected chi connectivity index (χ1v) is 8.99. The van der Waals surface area contributed by atoms with Crippen LogP contribution in [0.1, 0.15) is 11.3 Å². The van der Waals surface area contributed by atoms with Crippen LogP contribution in [0.15, 0.2) is 53.3 Å². The molecule has 3 rings (SSSR count). The van der Waals surface area contributed by atoms with Gasteiger partial charge in [0.15, 0.2) is 0 Å². The van der Waals surface area contributed by atoms with Crippen molar-refractivity contribution in [1.29, 1.82) is 0 Å². The fraction of sp³-hybridized carbons (Fsp3) is 0.286. The van der Waals surface area contributed by atoms with Gasteiger partial charge in [-0.1, -0.05) is 30.3 Å². The smallest absolute Gasteiger partial charge is 0.274 e. The molecule has 0 atom stereocenters. The second kappa shape index (κ2) is 9.14. The predicted molar refractivity (Wildman–Crippen MR) is 106 cm³/mol. The molecule has 0 aliphatic carbocycles. The van der Waals surface area contributed by atoms with E-state index in [2.05, 4.69) is 10.4 Å². The zero-order chi connectivity index (χ0) is 19.9. The number of rotatable bonds is 8. The van der Waals surface area contributed by atoms with Crippen molar-refractivity contribution in [1.82, 2.24) is 15.1 Å². The summed E-state index contributed by atoms with van der Waals surface area (Å²) in [4.78, 5) is 24.9. The molecule has 0 saturated heterocycles. The van der Waals surface area contributed by atoms with Gasteiger partial charge >= 0.3 is 0 Å². The fourth-order valence-corrected chi connectivity index (χ4v) is 2.94. The van der Waals surface area contributed by atoms with E-state index in [-0.39, 0.29) is 24.4 Å². The van der Waals surface area contributed by atoms with Gasteiger partial charge in [0.2, 0.25) is 5.91 Å². The van der Waals surface area contributed by atoms with E-state index in [0.29, 0.717) is 24.2 Å². The summed E-state index contributed by atoms with van der Waals surface area (Å²) in [5, 5.41) is 8.64. The van der Waals surface area contributed by atoms with E-state index in [9.17, 15) is 9.59 Å². The highest BCUT2D eigenvalue weighted by Gasteiger charge is 2.11. The summed E-state index contributed by atoms with van der Waals surface area (Å²) in [6.07, 6.45) is 0.255. The molecule has 0 bridgehead atoms. The molecule has 1 N–H and O–H groups in total. The number of benzene rings is 2. The lowest BCUT2D eigenvalue weighted by molar-refractivity contribution is -0.120. The van der Waals surface area contributed by atoms with Crippen LogP contribution >= 0.6 is 0 Å². The van der Waals surface area contributed by atoms with Gasteiger partial charge < -0.3 is 14.8 Å². The van der Waals surface area contributed by atoms with Crippen molar-refractivity contribution in [3.8, 4) is 5.75 Å². The third-order valence-corrected chi connectivity index (χ3v) is 4.43. The van der Waals surface area contributed by atoms with E-state index in [1.54, 1.807) is 20.3 Å². The topological polar surface area (TPSA) is 82.4 Å². The Morgan fingerprint density at radius 2 is 1.79 bits per heavy atom. The third kappa shape index (κ3) is 4.55. The van der Waals surface area contributed by atoms with E-state index in [0.717, 1.165) is 16.7 Å². The van der Waals surface area contributed by atoms with E-state index in [1.165, 1.54) is 4.68 Å². The van der Waals surface area contributed by atoms with Crippen LogP contribution < -0.4 is 15.6 Å². The molecule has 0 fully saturated rings. The van der Waals surface area contributed by atoms with Crippen LogP contribution in [0.4, 0.5) is 0 Å². The Balaban J connectivity index is 1.76. The minimum Gasteiger partial charge on any atom is -0.497 e. The monoisotopic (exact) mass is 381 g/mol. The number of carbonyl (C=O) groups excluding carboxylic acids is 1. The van der Waals surface area contributed by atoms with Crippen LogP contribution in [-0.2, 0) is 29.0 Å². The molecular weight excluding hydrogens is 358 g/mol. The molecule has 1 heterocycles. The maximum atomic E-state index is 12.6. The molecule has 3 aromatic rings. The Bertz CT molecular complexity index is 1010. The van der Waals surface area contributed by atoms with Crippen molar-refractivity contribution in [3.63, 3.8) is 0 Å². The third-order valence-electron chi connectivity index (χ3n) is 4.43. The SMILES string of the molecule is COCCn1nc(CNC(=O)Cc2ccc(OC)cc2)c2ccccc2c1=O. The van der Waals surface area contributed by atoms with Gasteiger partial charge in [0.1, 0.15) is 5.75 Å². The lowest BCUT2D eigenvalue weighted by atomic mass is 10.1. The molecule has 1 aromatic heterocycles. The van der Waals surface area contributed by atoms with E-state index >= 15 is 0 Å². The molecule has 0 aliphatic rings. The largest absolute Gasteiger partial charge is 0.497 e. The predicted octanol–water partition coefficient (Wildman–Crippen LogP) is 1.91. The van der Waals surface area contributed by atoms with E-state index < -0.39 is 0 Å². The Morgan fingerprint density at radius 3 is 2.46 bits per heavy atom. The molecule has 0 aliphatic heterocycles. The quantitative estimate of drug-likeness (QED) is 0.645. The molecule has 0 unspecified atom stereocenters. The number of methoxy groups -OCH3 is 2. The molecule has 28 heavy (non-hydrogen) atoms. The molecule has 1 amide bonds. The zero-order valence-electron chi connectivity index (χ0n) is 16.0. The fourth-order valence-electron chi connectivity index (χ4n) is 2.94. The van der Waals surface area contributed by atoms with Crippen molar-refractivity contribution in [3.05, 3.63) is 70.1 Å². The van der Waals surface area contributed by atoms with E-state index in [1.807, 2.05) is 42.5 Å². The molecule has 2 aromatic carbocycles. The standard InChI is InChI=1S/C21H23N3O4/c1-27-12-11-24-21(26)18-6-4-3-5-17(18)19(23-24)14-22-20(25)13-15-7-9-16(28-2)10-8-15/h3-10H,11-14H2,1-2H3,(H,22,25). The Kier molecular flexibility index (Phi) is 6.39. The maximum Gasteiger partial charge on any atom is 0.274 e. The van der Waals surface area contributed by atoms with Gasteiger partial charge in [0.05, 0.1) is 44.3 Å². The lowest BCUT2D eigenvalue weighted by Crippen LogP contribution is -2.30. The highest BCUT2D eigenvalue weighted by atomic mass is 16.5. The molecule has 7 nitrogen and oxygen atoms in total. The second-order valence-corrected chi connectivity index (χ2v) is 6.31. The molecule has 7 heteroatoms. The summed E-state index contributed by atoms with van der Waals surface area (Å²) in [5.41, 5.74) is 1.37. The van der Waals surface area contributed by atoms with Crippen LogP contribution in [0.25, 0.3) is 10.8 Å². The first-order valence-electron chi connectivity index (χ1n) is 8.99. The molecule has 0 spiro atoms. The Hall–Kier alpha value is -3.19. The van der Waals surface area contributed by atoms with E-state index in [4.69, 9.17) is 9.47 Å². The highest BCUT2D eigenvalue weighted by molar-refractivity contribution is 5.84. The number of ether oxygens (including phenoxy) is 2. The van der Waals surface area contributed by atoms with Gasteiger partial charge in [-0.15, -0.1) is 0 Å². The summed E-state index contributed by atoms with van der Waals surface area (Å²) in [6, 6.07) is 14.6. The average molecular weight is 381 g/mol. The summed E-state index contributed by atoms with van der Waals surface area (Å²) < 4.78 is 11.6. The molecule has 146 valence electrons. The number of carbonyl (C=O) groups is 1. The summed E-state index contributed by atoms with van der Waals surface area (Å²) in [7, 11) is 3.18. The molecular formula is C21H23N3O4. The number of nitrogens with zero attached hydrogens (tertiary/aromatic N) is 2. The van der Waals surface area contributed by atoms with Gasteiger partial charge in [0, 0.05) is 12.5 Å². The number of amides is 1. The van der Waals surface area contributed by atoms with Gasteiger partial charge in [-0.3, -0.25) is 9.59 Å². The van der Waals surface area contributed by atoms with Crippen molar-refractivity contribution >= 4 is 16.7 Å². The Labute approximate surface area is 162 Å². The normalized spacial score (nSPS) is 10.8. The highest BCUT2D eigenvalue weighted by Crippen LogP contribution is 2.14.